The second-order valence-electron chi connectivity index (χ2n) is 6.22. The molecule has 10 heteroatoms. The summed E-state index contributed by atoms with van der Waals surface area (Å²) in [6.07, 6.45) is 3.44. The van der Waals surface area contributed by atoms with E-state index in [-0.39, 0.29) is 11.3 Å². The Morgan fingerprint density at radius 2 is 2.14 bits per heavy atom. The molecule has 2 N–H and O–H groups in total. The van der Waals surface area contributed by atoms with Gasteiger partial charge in [0.05, 0.1) is 29.2 Å². The zero-order valence-electron chi connectivity index (χ0n) is 14.7. The smallest absolute Gasteiger partial charge is 0.226 e. The average molecular weight is 413 g/mol. The van der Waals surface area contributed by atoms with Crippen molar-refractivity contribution in [1.82, 2.24) is 29.7 Å². The van der Waals surface area contributed by atoms with E-state index < -0.39 is 0 Å². The summed E-state index contributed by atoms with van der Waals surface area (Å²) in [5, 5.41) is 17.4. The van der Waals surface area contributed by atoms with Crippen LogP contribution in [0.5, 0.6) is 0 Å². The molecule has 0 bridgehead atoms. The van der Waals surface area contributed by atoms with E-state index in [2.05, 4.69) is 36.4 Å². The SMILES string of the molecule is C[C@@H](Cn1ccc(-c2ccc(C#N)c(Cl)c2)n1)Nc1nc(Cl)nc2nc[nH]c12. The number of anilines is 1. The summed E-state index contributed by atoms with van der Waals surface area (Å²) in [6, 6.07) is 9.22. The van der Waals surface area contributed by atoms with Crippen molar-refractivity contribution < 1.29 is 0 Å². The van der Waals surface area contributed by atoms with Crippen LogP contribution in [0.4, 0.5) is 5.82 Å². The fourth-order valence-corrected chi connectivity index (χ4v) is 3.24. The quantitative estimate of drug-likeness (QED) is 0.481. The first kappa shape index (κ1) is 18.2. The van der Waals surface area contributed by atoms with Crippen LogP contribution in [0.15, 0.2) is 36.8 Å². The number of benzene rings is 1. The predicted molar refractivity (Wildman–Crippen MR) is 107 cm³/mol. The van der Waals surface area contributed by atoms with Crippen LogP contribution in [-0.4, -0.2) is 35.8 Å². The largest absolute Gasteiger partial charge is 0.364 e. The predicted octanol–water partition coefficient (Wildman–Crippen LogP) is 3.90. The maximum Gasteiger partial charge on any atom is 0.226 e. The summed E-state index contributed by atoms with van der Waals surface area (Å²) < 4.78 is 1.83. The molecule has 8 nitrogen and oxygen atoms in total. The highest BCUT2D eigenvalue weighted by atomic mass is 35.5. The lowest BCUT2D eigenvalue weighted by Gasteiger charge is -2.15. The zero-order chi connectivity index (χ0) is 19.7. The zero-order valence-corrected chi connectivity index (χ0v) is 16.2. The van der Waals surface area contributed by atoms with Gasteiger partial charge in [0, 0.05) is 17.8 Å². The van der Waals surface area contributed by atoms with E-state index >= 15 is 0 Å². The number of aromatic amines is 1. The Morgan fingerprint density at radius 3 is 2.93 bits per heavy atom. The van der Waals surface area contributed by atoms with Gasteiger partial charge in [-0.25, -0.2) is 4.98 Å². The third kappa shape index (κ3) is 3.63. The molecule has 0 radical (unpaired) electrons. The molecule has 0 aliphatic carbocycles. The number of nitrogens with one attached hydrogen (secondary N) is 2. The number of rotatable bonds is 5. The van der Waals surface area contributed by atoms with E-state index in [0.29, 0.717) is 34.1 Å². The van der Waals surface area contributed by atoms with Gasteiger partial charge in [-0.3, -0.25) is 4.68 Å². The molecule has 0 saturated heterocycles. The number of halogens is 2. The molecule has 28 heavy (non-hydrogen) atoms. The van der Waals surface area contributed by atoms with Crippen LogP contribution >= 0.6 is 23.2 Å². The summed E-state index contributed by atoms with van der Waals surface area (Å²) in [6.45, 7) is 2.61. The number of aromatic nitrogens is 6. The van der Waals surface area contributed by atoms with Crippen LogP contribution in [0.2, 0.25) is 10.3 Å². The van der Waals surface area contributed by atoms with Crippen LogP contribution in [0.1, 0.15) is 12.5 Å². The minimum atomic E-state index is 0.00905. The highest BCUT2D eigenvalue weighted by molar-refractivity contribution is 6.32. The number of nitriles is 1. The molecular weight excluding hydrogens is 399 g/mol. The van der Waals surface area contributed by atoms with Crippen molar-refractivity contribution in [3.05, 3.63) is 52.7 Å². The molecule has 0 amide bonds. The van der Waals surface area contributed by atoms with Crippen molar-refractivity contribution in [3.8, 4) is 17.3 Å². The van der Waals surface area contributed by atoms with Gasteiger partial charge in [0.2, 0.25) is 5.28 Å². The monoisotopic (exact) mass is 412 g/mol. The lowest BCUT2D eigenvalue weighted by Crippen LogP contribution is -2.23. The van der Waals surface area contributed by atoms with Gasteiger partial charge in [-0.1, -0.05) is 17.7 Å². The van der Waals surface area contributed by atoms with Gasteiger partial charge < -0.3 is 10.3 Å². The molecular formula is C18H14Cl2N8. The van der Waals surface area contributed by atoms with E-state index in [9.17, 15) is 0 Å². The van der Waals surface area contributed by atoms with Gasteiger partial charge in [-0.15, -0.1) is 0 Å². The first-order valence-corrected chi connectivity index (χ1v) is 9.15. The fourth-order valence-electron chi connectivity index (χ4n) is 2.85. The number of imidazole rings is 1. The molecule has 0 aliphatic rings. The number of nitrogens with zero attached hydrogens (tertiary/aromatic N) is 6. The van der Waals surface area contributed by atoms with E-state index in [1.54, 1.807) is 18.5 Å². The molecule has 0 fully saturated rings. The highest BCUT2D eigenvalue weighted by Gasteiger charge is 2.13. The minimum Gasteiger partial charge on any atom is -0.364 e. The van der Waals surface area contributed by atoms with Gasteiger partial charge in [-0.2, -0.15) is 20.3 Å². The van der Waals surface area contributed by atoms with E-state index in [1.807, 2.05) is 29.9 Å². The second kappa shape index (κ2) is 7.46. The van der Waals surface area contributed by atoms with Crippen molar-refractivity contribution in [2.24, 2.45) is 0 Å². The molecule has 0 unspecified atom stereocenters. The van der Waals surface area contributed by atoms with Gasteiger partial charge in [0.15, 0.2) is 11.5 Å². The summed E-state index contributed by atoms with van der Waals surface area (Å²) >= 11 is 12.1. The van der Waals surface area contributed by atoms with Crippen molar-refractivity contribution in [2.75, 3.05) is 5.32 Å². The summed E-state index contributed by atoms with van der Waals surface area (Å²) in [5.74, 6) is 0.589. The molecule has 1 aromatic carbocycles. The molecule has 4 rings (SSSR count). The second-order valence-corrected chi connectivity index (χ2v) is 6.96. The van der Waals surface area contributed by atoms with Gasteiger partial charge in [0.25, 0.3) is 0 Å². The van der Waals surface area contributed by atoms with E-state index in [4.69, 9.17) is 28.5 Å². The molecule has 3 aromatic heterocycles. The third-order valence-electron chi connectivity index (χ3n) is 4.13. The molecule has 4 aromatic rings. The lowest BCUT2D eigenvalue weighted by molar-refractivity contribution is 0.561. The summed E-state index contributed by atoms with van der Waals surface area (Å²) in [7, 11) is 0. The molecule has 0 aliphatic heterocycles. The normalized spacial score (nSPS) is 12.1. The van der Waals surface area contributed by atoms with E-state index in [0.717, 1.165) is 11.3 Å². The maximum absolute atomic E-state index is 8.99. The Morgan fingerprint density at radius 1 is 1.29 bits per heavy atom. The van der Waals surface area contributed by atoms with Crippen LogP contribution in [0, 0.1) is 11.3 Å². The van der Waals surface area contributed by atoms with E-state index in [1.165, 1.54) is 0 Å². The number of fused-ring (bicyclic) bond motifs is 1. The Kier molecular flexibility index (Phi) is 4.86. The van der Waals surface area contributed by atoms with Gasteiger partial charge in [0.1, 0.15) is 11.6 Å². The Hall–Kier alpha value is -3.15. The van der Waals surface area contributed by atoms with Crippen LogP contribution < -0.4 is 5.32 Å². The number of hydrogen-bond donors (Lipinski definition) is 2. The van der Waals surface area contributed by atoms with Crippen LogP contribution in [0.25, 0.3) is 22.4 Å². The number of hydrogen-bond acceptors (Lipinski definition) is 6. The van der Waals surface area contributed by atoms with Crippen molar-refractivity contribution in [2.45, 2.75) is 19.5 Å². The molecule has 140 valence electrons. The first-order valence-electron chi connectivity index (χ1n) is 8.40. The van der Waals surface area contributed by atoms with Crippen molar-refractivity contribution >= 4 is 40.2 Å². The van der Waals surface area contributed by atoms with Crippen LogP contribution in [-0.2, 0) is 6.54 Å². The summed E-state index contributed by atoms with van der Waals surface area (Å²) in [5.41, 5.74) is 3.28. The first-order chi connectivity index (χ1) is 13.5. The van der Waals surface area contributed by atoms with Gasteiger partial charge >= 0.3 is 0 Å². The molecule has 1 atom stereocenters. The topological polar surface area (TPSA) is 108 Å². The Bertz CT molecular complexity index is 1190. The van der Waals surface area contributed by atoms with Crippen LogP contribution in [0.3, 0.4) is 0 Å². The lowest BCUT2D eigenvalue weighted by atomic mass is 10.1. The fraction of sp³-hybridized carbons (Fsp3) is 0.167. The Labute approximate surface area is 170 Å². The highest BCUT2D eigenvalue weighted by Crippen LogP contribution is 2.24. The van der Waals surface area contributed by atoms with Gasteiger partial charge in [-0.05, 0) is 36.7 Å². The molecule has 3 heterocycles. The van der Waals surface area contributed by atoms with Crippen molar-refractivity contribution in [3.63, 3.8) is 0 Å². The molecule has 0 spiro atoms. The third-order valence-corrected chi connectivity index (χ3v) is 4.61. The Balaban J connectivity index is 1.50. The molecule has 0 saturated carbocycles. The average Bonchev–Trinajstić information content (AvgIpc) is 3.31. The number of H-pyrrole nitrogens is 1. The maximum atomic E-state index is 8.99. The summed E-state index contributed by atoms with van der Waals surface area (Å²) in [4.78, 5) is 15.4. The minimum absolute atomic E-state index is 0.00905. The standard InChI is InChI=1S/C18H14Cl2N8/c1-10(24-17-15-16(23-9-22-15)25-18(20)26-17)8-28-5-4-14(27-28)11-2-3-12(7-21)13(19)6-11/h2-6,9-10H,8H2,1H3,(H2,22,23,24,25,26)/t10-/m0/s1. The van der Waals surface area contributed by atoms with Crippen molar-refractivity contribution in [1.29, 1.82) is 5.26 Å².